The van der Waals surface area contributed by atoms with E-state index in [1.165, 1.54) is 0 Å². The van der Waals surface area contributed by atoms with Crippen molar-refractivity contribution in [1.82, 2.24) is 4.98 Å². The first-order chi connectivity index (χ1) is 5.33. The van der Waals surface area contributed by atoms with Crippen LogP contribution in [0.4, 0.5) is 5.82 Å². The summed E-state index contributed by atoms with van der Waals surface area (Å²) < 4.78 is 0. The summed E-state index contributed by atoms with van der Waals surface area (Å²) in [6.07, 6.45) is 1.65. The van der Waals surface area contributed by atoms with Crippen molar-refractivity contribution in [1.29, 1.82) is 0 Å². The van der Waals surface area contributed by atoms with Gasteiger partial charge < -0.3 is 5.73 Å². The van der Waals surface area contributed by atoms with Gasteiger partial charge in [-0.2, -0.15) is 0 Å². The molecular weight excluding hydrogens is 204 g/mol. The van der Waals surface area contributed by atoms with Gasteiger partial charge in [-0.25, -0.2) is 4.98 Å². The van der Waals surface area contributed by atoms with Gasteiger partial charge in [0.1, 0.15) is 5.82 Å². The Bertz CT molecular complexity index is 298. The van der Waals surface area contributed by atoms with Gasteiger partial charge in [0.2, 0.25) is 0 Å². The molecule has 0 saturated heterocycles. The normalized spacial score (nSPS) is 8.45. The summed E-state index contributed by atoms with van der Waals surface area (Å²) in [4.78, 5) is 3.85. The van der Waals surface area contributed by atoms with Crippen molar-refractivity contribution in [2.24, 2.45) is 0 Å². The predicted molar refractivity (Wildman–Crippen MR) is 49.3 cm³/mol. The number of nitrogens with zero attached hydrogens (tertiary/aromatic N) is 1. The first kappa shape index (κ1) is 8.09. The Morgan fingerprint density at radius 2 is 2.45 bits per heavy atom. The average molecular weight is 211 g/mol. The van der Waals surface area contributed by atoms with Gasteiger partial charge in [0.25, 0.3) is 0 Å². The van der Waals surface area contributed by atoms with E-state index >= 15 is 0 Å². The molecule has 2 N–H and O–H groups in total. The fourth-order valence-corrected chi connectivity index (χ4v) is 0.802. The van der Waals surface area contributed by atoms with Crippen LogP contribution in [0.15, 0.2) is 18.3 Å². The molecule has 1 rings (SSSR count). The largest absolute Gasteiger partial charge is 0.384 e. The Morgan fingerprint density at radius 1 is 1.64 bits per heavy atom. The zero-order chi connectivity index (χ0) is 8.10. The lowest BCUT2D eigenvalue weighted by Crippen LogP contribution is -1.88. The average Bonchev–Trinajstić information content (AvgIpc) is 2.01. The minimum absolute atomic E-state index is 0.506. The van der Waals surface area contributed by atoms with Gasteiger partial charge in [-0.15, -0.1) is 0 Å². The number of halogens is 1. The lowest BCUT2D eigenvalue weighted by atomic mass is 10.3. The van der Waals surface area contributed by atoms with Crippen LogP contribution in [0.5, 0.6) is 0 Å². The van der Waals surface area contributed by atoms with Crippen molar-refractivity contribution in [3.8, 4) is 11.8 Å². The highest BCUT2D eigenvalue weighted by molar-refractivity contribution is 9.09. The summed E-state index contributed by atoms with van der Waals surface area (Å²) in [6, 6.07) is 3.57. The fraction of sp³-hybridized carbons (Fsp3) is 0.125. The van der Waals surface area contributed by atoms with E-state index in [2.05, 4.69) is 32.8 Å². The zero-order valence-electron chi connectivity index (χ0n) is 5.84. The maximum Gasteiger partial charge on any atom is 0.124 e. The van der Waals surface area contributed by atoms with Crippen molar-refractivity contribution in [3.05, 3.63) is 23.9 Å². The lowest BCUT2D eigenvalue weighted by Gasteiger charge is -1.90. The van der Waals surface area contributed by atoms with Crippen LogP contribution >= 0.6 is 15.9 Å². The van der Waals surface area contributed by atoms with E-state index in [9.17, 15) is 0 Å². The number of alkyl halides is 1. The maximum absolute atomic E-state index is 5.44. The molecule has 0 amide bonds. The monoisotopic (exact) mass is 210 g/mol. The van der Waals surface area contributed by atoms with Crippen LogP contribution in [0, 0.1) is 11.8 Å². The van der Waals surface area contributed by atoms with Gasteiger partial charge in [-0.3, -0.25) is 0 Å². The molecule has 56 valence electrons. The molecule has 0 aliphatic heterocycles. The Morgan fingerprint density at radius 3 is 3.09 bits per heavy atom. The first-order valence-corrected chi connectivity index (χ1v) is 4.21. The molecule has 11 heavy (non-hydrogen) atoms. The summed E-state index contributed by atoms with van der Waals surface area (Å²) in [7, 11) is 0. The second-order valence-corrected chi connectivity index (χ2v) is 2.47. The van der Waals surface area contributed by atoms with Crippen LogP contribution in [0.2, 0.25) is 0 Å². The number of nitrogen functional groups attached to an aromatic ring is 1. The molecule has 0 aliphatic carbocycles. The molecule has 1 heterocycles. The number of rotatable bonds is 0. The number of hydrogen-bond donors (Lipinski definition) is 1. The van der Waals surface area contributed by atoms with E-state index in [0.717, 1.165) is 5.56 Å². The molecule has 1 aromatic heterocycles. The van der Waals surface area contributed by atoms with Gasteiger partial charge in [-0.05, 0) is 12.1 Å². The minimum atomic E-state index is 0.506. The molecular formula is C8H7BrN2. The van der Waals surface area contributed by atoms with Gasteiger partial charge in [0.15, 0.2) is 0 Å². The fourth-order valence-electron chi connectivity index (χ4n) is 0.662. The SMILES string of the molecule is Nc1cc(C#CCBr)ccn1. The molecule has 3 heteroatoms. The van der Waals surface area contributed by atoms with Gasteiger partial charge in [0.05, 0.1) is 5.33 Å². The van der Waals surface area contributed by atoms with Crippen molar-refractivity contribution in [2.75, 3.05) is 11.1 Å². The zero-order valence-corrected chi connectivity index (χ0v) is 7.43. The number of hydrogen-bond acceptors (Lipinski definition) is 2. The lowest BCUT2D eigenvalue weighted by molar-refractivity contribution is 1.33. The highest BCUT2D eigenvalue weighted by Gasteiger charge is 1.86. The summed E-state index contributed by atoms with van der Waals surface area (Å²) in [5, 5.41) is 0.676. The van der Waals surface area contributed by atoms with Crippen molar-refractivity contribution in [3.63, 3.8) is 0 Å². The molecule has 2 nitrogen and oxygen atoms in total. The standard InChI is InChI=1S/C8H7BrN2/c9-4-1-2-7-3-5-11-8(10)6-7/h3,5-6H,4H2,(H2,10,11). The molecule has 0 radical (unpaired) electrons. The molecule has 0 saturated carbocycles. The van der Waals surface area contributed by atoms with E-state index < -0.39 is 0 Å². The highest BCUT2D eigenvalue weighted by atomic mass is 79.9. The molecule has 0 spiro atoms. The highest BCUT2D eigenvalue weighted by Crippen LogP contribution is 2.00. The molecule has 0 aromatic carbocycles. The Balaban J connectivity index is 2.87. The van der Waals surface area contributed by atoms with Crippen molar-refractivity contribution < 1.29 is 0 Å². The summed E-state index contributed by atoms with van der Waals surface area (Å²) in [5.74, 6) is 6.30. The Hall–Kier alpha value is -1.01. The van der Waals surface area contributed by atoms with E-state index in [0.29, 0.717) is 11.1 Å². The topological polar surface area (TPSA) is 38.9 Å². The summed E-state index contributed by atoms with van der Waals surface area (Å²) in [5.41, 5.74) is 6.34. The van der Waals surface area contributed by atoms with E-state index in [-0.39, 0.29) is 0 Å². The van der Waals surface area contributed by atoms with Gasteiger partial charge in [0, 0.05) is 11.8 Å². The summed E-state index contributed by atoms with van der Waals surface area (Å²) in [6.45, 7) is 0. The molecule has 0 atom stereocenters. The number of aromatic nitrogens is 1. The Kier molecular flexibility index (Phi) is 2.94. The van der Waals surface area contributed by atoms with Crippen LogP contribution < -0.4 is 5.73 Å². The molecule has 1 aromatic rings. The number of nitrogens with two attached hydrogens (primary N) is 1. The molecule has 0 fully saturated rings. The molecule has 0 aliphatic rings. The third-order valence-corrected chi connectivity index (χ3v) is 1.36. The van der Waals surface area contributed by atoms with Crippen molar-refractivity contribution >= 4 is 21.7 Å². The van der Waals surface area contributed by atoms with Crippen LogP contribution in [-0.2, 0) is 0 Å². The third-order valence-electron chi connectivity index (χ3n) is 1.08. The minimum Gasteiger partial charge on any atom is -0.384 e. The van der Waals surface area contributed by atoms with Crippen LogP contribution in [-0.4, -0.2) is 10.3 Å². The van der Waals surface area contributed by atoms with Crippen LogP contribution in [0.3, 0.4) is 0 Å². The maximum atomic E-state index is 5.44. The molecule has 0 bridgehead atoms. The third kappa shape index (κ3) is 2.60. The van der Waals surface area contributed by atoms with Gasteiger partial charge >= 0.3 is 0 Å². The predicted octanol–water partition coefficient (Wildman–Crippen LogP) is 1.41. The summed E-state index contributed by atoms with van der Waals surface area (Å²) >= 11 is 3.20. The smallest absolute Gasteiger partial charge is 0.124 e. The van der Waals surface area contributed by atoms with Crippen LogP contribution in [0.25, 0.3) is 0 Å². The van der Waals surface area contributed by atoms with E-state index in [4.69, 9.17) is 5.73 Å². The number of pyridine rings is 1. The Labute approximate surface area is 74.0 Å². The second-order valence-electron chi connectivity index (χ2n) is 1.90. The molecule has 0 unspecified atom stereocenters. The first-order valence-electron chi connectivity index (χ1n) is 3.09. The van der Waals surface area contributed by atoms with Crippen LogP contribution in [0.1, 0.15) is 5.56 Å². The van der Waals surface area contributed by atoms with Crippen molar-refractivity contribution in [2.45, 2.75) is 0 Å². The quantitative estimate of drug-likeness (QED) is 0.520. The van der Waals surface area contributed by atoms with E-state index in [1.807, 2.05) is 6.07 Å². The van der Waals surface area contributed by atoms with Gasteiger partial charge in [-0.1, -0.05) is 27.8 Å². The second kappa shape index (κ2) is 3.99. The number of anilines is 1. The van der Waals surface area contributed by atoms with E-state index in [1.54, 1.807) is 12.3 Å².